The molecule has 1 aromatic carbocycles. The fourth-order valence-electron chi connectivity index (χ4n) is 7.14. The van der Waals surface area contributed by atoms with Crippen LogP contribution in [0.2, 0.25) is 0 Å². The molecule has 0 spiro atoms. The molecule has 0 aliphatic heterocycles. The molecule has 0 saturated carbocycles. The molecule has 1 N–H and O–H groups in total. The number of benzene rings is 1. The molecule has 0 unspecified atom stereocenters. The maximum Gasteiger partial charge on any atom is 0.308 e. The predicted octanol–water partition coefficient (Wildman–Crippen LogP) is 15.0. The highest BCUT2D eigenvalue weighted by molar-refractivity contribution is 5.95. The van der Waals surface area contributed by atoms with Crippen molar-refractivity contribution in [3.63, 3.8) is 0 Å². The minimum Gasteiger partial charge on any atom is -0.490 e. The molecule has 332 valence electrons. The van der Waals surface area contributed by atoms with E-state index >= 15 is 0 Å². The van der Waals surface area contributed by atoms with Crippen LogP contribution in [0.5, 0.6) is 17.2 Å². The van der Waals surface area contributed by atoms with E-state index in [1.165, 1.54) is 154 Å². The fourth-order valence-corrected chi connectivity index (χ4v) is 7.14. The molecular weight excluding hydrogens is 711 g/mol. The average molecular weight is 802 g/mol. The van der Waals surface area contributed by atoms with Gasteiger partial charge in [-0.05, 0) is 52.2 Å². The molecule has 1 rings (SSSR count). The van der Waals surface area contributed by atoms with Crippen molar-refractivity contribution in [1.82, 2.24) is 5.32 Å². The summed E-state index contributed by atoms with van der Waals surface area (Å²) in [6.45, 7) is 14.2. The summed E-state index contributed by atoms with van der Waals surface area (Å²) < 4.78 is 24.8. The average Bonchev–Trinajstić information content (AvgIpc) is 3.17. The van der Waals surface area contributed by atoms with Crippen LogP contribution in [0.3, 0.4) is 0 Å². The number of ether oxygens (including phenoxy) is 4. The van der Waals surface area contributed by atoms with Gasteiger partial charge in [0.15, 0.2) is 11.5 Å². The highest BCUT2D eigenvalue weighted by Gasteiger charge is 2.20. The lowest BCUT2D eigenvalue weighted by molar-refractivity contribution is -0.154. The SMILES string of the molecule is CCCCCCCCCCCCOc1cc(C(=O)NCCC(=O)OC(C)(C)C)cc(OCCCCCCCCCCCC)c1OCCCCCCCCCCCC. The standard InChI is InChI=1S/C50H91NO6/c1-7-10-13-16-19-22-25-28-31-34-39-54-45-42-44(49(53)51-38-37-47(52)57-50(4,5)6)43-46(55-40-35-32-29-26-23-20-17-14-11-8-2)48(45)56-41-36-33-30-27-24-21-18-15-12-9-3/h42-43H,7-41H2,1-6H3,(H,51,53). The Balaban J connectivity index is 2.94. The zero-order chi connectivity index (χ0) is 41.7. The van der Waals surface area contributed by atoms with E-state index in [0.29, 0.717) is 42.6 Å². The van der Waals surface area contributed by atoms with Gasteiger partial charge in [-0.1, -0.05) is 194 Å². The number of unbranched alkanes of at least 4 members (excludes halogenated alkanes) is 27. The van der Waals surface area contributed by atoms with Crippen LogP contribution in [-0.4, -0.2) is 43.8 Å². The number of carbonyl (C=O) groups excluding carboxylic acids is 2. The molecule has 0 bridgehead atoms. The second-order valence-corrected chi connectivity index (χ2v) is 17.5. The molecule has 1 amide bonds. The zero-order valence-electron chi connectivity index (χ0n) is 38.4. The molecule has 0 radical (unpaired) electrons. The van der Waals surface area contributed by atoms with Crippen LogP contribution in [0.15, 0.2) is 12.1 Å². The third-order valence-electron chi connectivity index (χ3n) is 10.6. The van der Waals surface area contributed by atoms with E-state index in [-0.39, 0.29) is 24.8 Å². The van der Waals surface area contributed by atoms with Crippen molar-refractivity contribution in [3.8, 4) is 17.2 Å². The normalized spacial score (nSPS) is 11.5. The van der Waals surface area contributed by atoms with E-state index in [1.54, 1.807) is 12.1 Å². The molecule has 0 saturated heterocycles. The minimum atomic E-state index is -0.564. The largest absolute Gasteiger partial charge is 0.490 e. The van der Waals surface area contributed by atoms with Gasteiger partial charge in [-0.2, -0.15) is 0 Å². The molecule has 1 aromatic rings. The van der Waals surface area contributed by atoms with Crippen molar-refractivity contribution in [1.29, 1.82) is 0 Å². The Morgan fingerprint density at radius 1 is 0.474 bits per heavy atom. The van der Waals surface area contributed by atoms with Gasteiger partial charge in [0.1, 0.15) is 5.60 Å². The number of nitrogens with one attached hydrogen (secondary N) is 1. The molecule has 7 nitrogen and oxygen atoms in total. The van der Waals surface area contributed by atoms with Crippen LogP contribution in [-0.2, 0) is 9.53 Å². The monoisotopic (exact) mass is 802 g/mol. The molecule has 0 heterocycles. The molecule has 57 heavy (non-hydrogen) atoms. The Hall–Kier alpha value is -2.44. The van der Waals surface area contributed by atoms with Gasteiger partial charge in [0.05, 0.1) is 26.2 Å². The van der Waals surface area contributed by atoms with Crippen molar-refractivity contribution < 1.29 is 28.5 Å². The first kappa shape index (κ1) is 52.6. The van der Waals surface area contributed by atoms with E-state index < -0.39 is 5.60 Å². The van der Waals surface area contributed by atoms with Crippen LogP contribution in [0, 0.1) is 0 Å². The topological polar surface area (TPSA) is 83.1 Å². The number of hydrogen-bond donors (Lipinski definition) is 1. The Kier molecular flexibility index (Phi) is 33.8. The Morgan fingerprint density at radius 3 is 1.12 bits per heavy atom. The zero-order valence-corrected chi connectivity index (χ0v) is 38.4. The summed E-state index contributed by atoms with van der Waals surface area (Å²) in [6, 6.07) is 3.58. The molecule has 7 heteroatoms. The summed E-state index contributed by atoms with van der Waals surface area (Å²) in [4.78, 5) is 25.8. The second-order valence-electron chi connectivity index (χ2n) is 17.5. The van der Waals surface area contributed by atoms with E-state index in [4.69, 9.17) is 18.9 Å². The smallest absolute Gasteiger partial charge is 0.308 e. The molecule has 0 atom stereocenters. The van der Waals surface area contributed by atoms with Crippen LogP contribution in [0.1, 0.15) is 251 Å². The van der Waals surface area contributed by atoms with Crippen LogP contribution >= 0.6 is 0 Å². The van der Waals surface area contributed by atoms with Gasteiger partial charge in [0, 0.05) is 12.1 Å². The Morgan fingerprint density at radius 2 is 0.789 bits per heavy atom. The molecule has 0 fully saturated rings. The molecule has 0 aromatic heterocycles. The van der Waals surface area contributed by atoms with Gasteiger partial charge in [-0.15, -0.1) is 0 Å². The molecule has 0 aliphatic carbocycles. The van der Waals surface area contributed by atoms with Crippen molar-refractivity contribution in [3.05, 3.63) is 17.7 Å². The van der Waals surface area contributed by atoms with E-state index in [1.807, 2.05) is 20.8 Å². The van der Waals surface area contributed by atoms with E-state index in [2.05, 4.69) is 26.1 Å². The lowest BCUT2D eigenvalue weighted by atomic mass is 10.1. The van der Waals surface area contributed by atoms with Gasteiger partial charge < -0.3 is 24.3 Å². The number of hydrogen-bond acceptors (Lipinski definition) is 6. The van der Waals surface area contributed by atoms with Gasteiger partial charge in [0.25, 0.3) is 5.91 Å². The minimum absolute atomic E-state index is 0.104. The third kappa shape index (κ3) is 31.2. The first-order valence-electron chi connectivity index (χ1n) is 24.3. The third-order valence-corrected chi connectivity index (χ3v) is 10.6. The van der Waals surface area contributed by atoms with Crippen LogP contribution in [0.4, 0.5) is 0 Å². The van der Waals surface area contributed by atoms with Crippen molar-refractivity contribution in [2.24, 2.45) is 0 Å². The quantitative estimate of drug-likeness (QED) is 0.0526. The summed E-state index contributed by atoms with van der Waals surface area (Å²) in [6.07, 6.45) is 37.9. The van der Waals surface area contributed by atoms with Crippen LogP contribution in [0.25, 0.3) is 0 Å². The van der Waals surface area contributed by atoms with Gasteiger partial charge in [-0.3, -0.25) is 9.59 Å². The summed E-state index contributed by atoms with van der Waals surface area (Å²) in [7, 11) is 0. The fraction of sp³-hybridized carbons (Fsp3) is 0.840. The summed E-state index contributed by atoms with van der Waals surface area (Å²) >= 11 is 0. The van der Waals surface area contributed by atoms with Gasteiger partial charge in [-0.25, -0.2) is 0 Å². The maximum atomic E-state index is 13.5. The number of carbonyl (C=O) groups is 2. The number of amides is 1. The Labute approximate surface area is 352 Å². The first-order chi connectivity index (χ1) is 27.7. The molecule has 0 aliphatic rings. The van der Waals surface area contributed by atoms with E-state index in [9.17, 15) is 9.59 Å². The van der Waals surface area contributed by atoms with Gasteiger partial charge >= 0.3 is 5.97 Å². The predicted molar refractivity (Wildman–Crippen MR) is 241 cm³/mol. The molecular formula is C50H91NO6. The number of rotatable bonds is 40. The summed E-state index contributed by atoms with van der Waals surface area (Å²) in [5, 5.41) is 2.91. The Bertz CT molecular complexity index is 1050. The van der Waals surface area contributed by atoms with Crippen LogP contribution < -0.4 is 19.5 Å². The highest BCUT2D eigenvalue weighted by atomic mass is 16.6. The maximum absolute atomic E-state index is 13.5. The number of esters is 1. The van der Waals surface area contributed by atoms with Crippen molar-refractivity contribution in [2.45, 2.75) is 246 Å². The lowest BCUT2D eigenvalue weighted by Gasteiger charge is -2.20. The van der Waals surface area contributed by atoms with Crippen molar-refractivity contribution in [2.75, 3.05) is 26.4 Å². The summed E-state index contributed by atoms with van der Waals surface area (Å²) in [5.41, 5.74) is -0.118. The van der Waals surface area contributed by atoms with Crippen molar-refractivity contribution >= 4 is 11.9 Å². The second kappa shape index (κ2) is 36.6. The highest BCUT2D eigenvalue weighted by Crippen LogP contribution is 2.40. The first-order valence-corrected chi connectivity index (χ1v) is 24.3. The van der Waals surface area contributed by atoms with Gasteiger partial charge in [0.2, 0.25) is 5.75 Å². The van der Waals surface area contributed by atoms with E-state index in [0.717, 1.165) is 38.5 Å². The summed E-state index contributed by atoms with van der Waals surface area (Å²) in [5.74, 6) is 1.13. The lowest BCUT2D eigenvalue weighted by Crippen LogP contribution is -2.29.